The molecule has 2 spiro atoms. The van der Waals surface area contributed by atoms with Crippen LogP contribution in [0.3, 0.4) is 0 Å². The predicted molar refractivity (Wildman–Crippen MR) is 210 cm³/mol. The van der Waals surface area contributed by atoms with E-state index in [4.69, 9.17) is 33.2 Å². The van der Waals surface area contributed by atoms with E-state index in [0.29, 0.717) is 36.8 Å². The van der Waals surface area contributed by atoms with Gasteiger partial charge in [-0.05, 0) is 86.6 Å². The Morgan fingerprint density at radius 1 is 0.867 bits per heavy atom. The van der Waals surface area contributed by atoms with Gasteiger partial charge < -0.3 is 53.6 Å². The maximum atomic E-state index is 14.1. The fourth-order valence-electron chi connectivity index (χ4n) is 12.7. The SMILES string of the molecule is C=C(C)[C@]12C[C@@H](COC(C)=O)[C@@]34OC5(O[C@@H]1[C@@H]3[C@@H]1O[C@]1(CO)[C@@H](O)[C@@]1(O)[C@H]4[C@H]([C@H](C)[C@@H]1OC(=O)c1ccccc1)[C@H](C)C[C@@H](OC(=O)c1ccccc1)CCCC[C@H]5O)O2. The van der Waals surface area contributed by atoms with Gasteiger partial charge in [0.15, 0.2) is 0 Å². The van der Waals surface area contributed by atoms with Crippen LogP contribution in [0.1, 0.15) is 86.9 Å². The van der Waals surface area contributed by atoms with Gasteiger partial charge in [0.1, 0.15) is 53.4 Å². The Morgan fingerprint density at radius 3 is 2.12 bits per heavy atom. The highest BCUT2D eigenvalue weighted by atomic mass is 16.9. The zero-order valence-corrected chi connectivity index (χ0v) is 34.4. The lowest BCUT2D eigenvalue weighted by atomic mass is 9.51. The average molecular weight is 833 g/mol. The summed E-state index contributed by atoms with van der Waals surface area (Å²) < 4.78 is 46.2. The van der Waals surface area contributed by atoms with Crippen molar-refractivity contribution in [1.82, 2.24) is 0 Å². The van der Waals surface area contributed by atoms with Crippen molar-refractivity contribution in [3.05, 3.63) is 83.9 Å². The summed E-state index contributed by atoms with van der Waals surface area (Å²) in [5.41, 5.74) is -5.99. The number of carbonyl (C=O) groups excluding carboxylic acids is 3. The minimum Gasteiger partial charge on any atom is -0.465 e. The van der Waals surface area contributed by atoms with Crippen LogP contribution in [-0.4, -0.2) is 117 Å². The lowest BCUT2D eigenvalue weighted by Crippen LogP contribution is -2.75. The molecule has 60 heavy (non-hydrogen) atoms. The summed E-state index contributed by atoms with van der Waals surface area (Å²) >= 11 is 0. The van der Waals surface area contributed by atoms with E-state index < -0.39 is 125 Å². The topological polar surface area (TPSA) is 200 Å². The molecule has 4 heterocycles. The summed E-state index contributed by atoms with van der Waals surface area (Å²) in [5, 5.41) is 50.4. The second-order valence-electron chi connectivity index (χ2n) is 18.6. The largest absolute Gasteiger partial charge is 0.465 e. The summed E-state index contributed by atoms with van der Waals surface area (Å²) in [6, 6.07) is 17.0. The molecule has 3 saturated carbocycles. The molecule has 7 aliphatic rings. The summed E-state index contributed by atoms with van der Waals surface area (Å²) in [4.78, 5) is 40.4. The molecule has 3 bridgehead atoms. The summed E-state index contributed by atoms with van der Waals surface area (Å²) in [7, 11) is 0. The smallest absolute Gasteiger partial charge is 0.338 e. The van der Waals surface area contributed by atoms with Crippen molar-refractivity contribution in [3.8, 4) is 0 Å². The molecule has 0 aromatic heterocycles. The first-order chi connectivity index (χ1) is 28.6. The van der Waals surface area contributed by atoms with Gasteiger partial charge in [0.2, 0.25) is 0 Å². The Kier molecular flexibility index (Phi) is 10.2. The predicted octanol–water partition coefficient (Wildman–Crippen LogP) is 3.87. The van der Waals surface area contributed by atoms with Crippen LogP contribution in [0.4, 0.5) is 0 Å². The highest BCUT2D eigenvalue weighted by molar-refractivity contribution is 5.90. The molecule has 0 radical (unpaired) electrons. The Hall–Kier alpha value is -3.73. The average Bonchev–Trinajstić information content (AvgIpc) is 3.87. The van der Waals surface area contributed by atoms with Gasteiger partial charge in [-0.3, -0.25) is 4.79 Å². The quantitative estimate of drug-likeness (QED) is 0.129. The number of esters is 3. The Bertz CT molecular complexity index is 2010. The number of epoxide rings is 1. The molecule has 4 N–H and O–H groups in total. The van der Waals surface area contributed by atoms with Crippen molar-refractivity contribution >= 4 is 17.9 Å². The summed E-state index contributed by atoms with van der Waals surface area (Å²) in [5.74, 6) is -8.57. The molecular formula is C46H56O14. The second kappa shape index (κ2) is 14.7. The van der Waals surface area contributed by atoms with Crippen LogP contribution >= 0.6 is 0 Å². The van der Waals surface area contributed by atoms with Gasteiger partial charge in [-0.15, -0.1) is 0 Å². The van der Waals surface area contributed by atoms with Crippen molar-refractivity contribution in [2.24, 2.45) is 35.5 Å². The number of hydrogen-bond donors (Lipinski definition) is 4. The fraction of sp³-hybridized carbons (Fsp3) is 0.630. The van der Waals surface area contributed by atoms with Crippen LogP contribution in [-0.2, 0) is 38.0 Å². The molecule has 0 amide bonds. The molecule has 324 valence electrons. The number of hydrogen-bond acceptors (Lipinski definition) is 14. The van der Waals surface area contributed by atoms with Gasteiger partial charge in [0.25, 0.3) is 0 Å². The van der Waals surface area contributed by atoms with Gasteiger partial charge in [-0.25, -0.2) is 9.59 Å². The molecule has 4 saturated heterocycles. The molecule has 17 atom stereocenters. The van der Waals surface area contributed by atoms with Crippen LogP contribution in [0.15, 0.2) is 72.8 Å². The number of aliphatic hydroxyl groups excluding tert-OH is 3. The molecule has 14 nitrogen and oxygen atoms in total. The lowest BCUT2D eigenvalue weighted by molar-refractivity contribution is -0.459. The highest BCUT2D eigenvalue weighted by Gasteiger charge is 2.91. The van der Waals surface area contributed by atoms with Crippen LogP contribution < -0.4 is 0 Å². The number of aliphatic hydroxyl groups is 4. The van der Waals surface area contributed by atoms with Crippen LogP contribution in [0.25, 0.3) is 0 Å². The van der Waals surface area contributed by atoms with Gasteiger partial charge in [-0.1, -0.05) is 63.2 Å². The van der Waals surface area contributed by atoms with Crippen LogP contribution in [0.2, 0.25) is 0 Å². The molecule has 1 unspecified atom stereocenters. The van der Waals surface area contributed by atoms with Crippen molar-refractivity contribution < 1.29 is 68.0 Å². The molecule has 3 aliphatic carbocycles. The van der Waals surface area contributed by atoms with Gasteiger partial charge in [0, 0.05) is 24.7 Å². The number of rotatable bonds is 8. The molecule has 14 heteroatoms. The van der Waals surface area contributed by atoms with Gasteiger partial charge in [0.05, 0.1) is 29.9 Å². The summed E-state index contributed by atoms with van der Waals surface area (Å²) in [6.45, 7) is 10.3. The number of fused-ring (bicyclic) bond motifs is 1. The van der Waals surface area contributed by atoms with E-state index in [0.717, 1.165) is 0 Å². The zero-order chi connectivity index (χ0) is 42.6. The molecule has 9 rings (SSSR count). The third kappa shape index (κ3) is 5.85. The Balaban J connectivity index is 1.26. The van der Waals surface area contributed by atoms with Crippen molar-refractivity contribution in [2.75, 3.05) is 13.2 Å². The van der Waals surface area contributed by atoms with E-state index in [1.54, 1.807) is 61.5 Å². The maximum absolute atomic E-state index is 14.1. The second-order valence-corrected chi connectivity index (χ2v) is 18.6. The van der Waals surface area contributed by atoms with E-state index >= 15 is 0 Å². The van der Waals surface area contributed by atoms with Crippen molar-refractivity contribution in [1.29, 1.82) is 0 Å². The zero-order valence-electron chi connectivity index (χ0n) is 34.4. The van der Waals surface area contributed by atoms with E-state index in [1.165, 1.54) is 6.92 Å². The van der Waals surface area contributed by atoms with Gasteiger partial charge in [-0.2, -0.15) is 0 Å². The molecule has 2 aromatic rings. The number of carbonyl (C=O) groups is 3. The highest BCUT2D eigenvalue weighted by Crippen LogP contribution is 2.75. The van der Waals surface area contributed by atoms with Crippen molar-refractivity contribution in [3.63, 3.8) is 0 Å². The van der Waals surface area contributed by atoms with E-state index in [1.807, 2.05) is 19.9 Å². The van der Waals surface area contributed by atoms with Crippen LogP contribution in [0.5, 0.6) is 0 Å². The standard InChI is InChI=1S/C46H56O14/c1-24(2)42-21-30(22-54-27(5)48)45-34-37(42)58-46(59-42,60-45)32(49)19-13-12-18-31(55-39(50)28-14-8-6-9-15-28)20-25(3)33-26(4)36(56-40(51)29-16-10-7-11-17-29)44(53,35(33)45)41(52)43(23-47)38(34)57-43/h6-11,14-17,25-26,30-38,41,47,49,52-53H,1,12-13,18-23H2,2-5H3/t25-,26+,30+,31+,32-,33+,34-,35-,36+,37-,38+,41-,42-,43+,44-,45-,46?/m1/s1. The molecule has 4 aliphatic heterocycles. The van der Waals surface area contributed by atoms with E-state index in [9.17, 15) is 34.8 Å². The number of ether oxygens (including phenoxy) is 7. The molecular weight excluding hydrogens is 776 g/mol. The maximum Gasteiger partial charge on any atom is 0.338 e. The van der Waals surface area contributed by atoms with Crippen molar-refractivity contribution in [2.45, 2.75) is 131 Å². The first kappa shape index (κ1) is 41.6. The fourth-order valence-corrected chi connectivity index (χ4v) is 12.7. The lowest BCUT2D eigenvalue weighted by Gasteiger charge is -2.62. The minimum atomic E-state index is -2.40. The Labute approximate surface area is 349 Å². The van der Waals surface area contributed by atoms with Crippen LogP contribution in [0, 0.1) is 35.5 Å². The normalized spacial score (nSPS) is 46.1. The molecule has 7 fully saturated rings. The van der Waals surface area contributed by atoms with E-state index in [-0.39, 0.29) is 25.0 Å². The first-order valence-corrected chi connectivity index (χ1v) is 21.4. The Morgan fingerprint density at radius 2 is 1.50 bits per heavy atom. The first-order valence-electron chi connectivity index (χ1n) is 21.4. The number of benzene rings is 2. The van der Waals surface area contributed by atoms with E-state index in [2.05, 4.69) is 6.58 Å². The third-order valence-corrected chi connectivity index (χ3v) is 15.3. The minimum absolute atomic E-state index is 0.119. The monoisotopic (exact) mass is 832 g/mol. The summed E-state index contributed by atoms with van der Waals surface area (Å²) in [6.07, 6.45) is -5.11. The molecule has 2 aromatic carbocycles. The third-order valence-electron chi connectivity index (χ3n) is 15.3. The van der Waals surface area contributed by atoms with Gasteiger partial charge >= 0.3 is 23.9 Å².